The van der Waals surface area contributed by atoms with E-state index in [4.69, 9.17) is 9.29 Å². The maximum atomic E-state index is 12.6. The molecule has 3 rings (SSSR count). The molecule has 0 aliphatic carbocycles. The van der Waals surface area contributed by atoms with Crippen LogP contribution in [0.25, 0.3) is 0 Å². The number of imide groups is 1. The van der Waals surface area contributed by atoms with Gasteiger partial charge in [0.25, 0.3) is 5.91 Å². The average molecular weight is 497 g/mol. The van der Waals surface area contributed by atoms with Gasteiger partial charge in [-0.05, 0) is 42.0 Å². The van der Waals surface area contributed by atoms with Gasteiger partial charge in [-0.2, -0.15) is 8.42 Å². The highest BCUT2D eigenvalue weighted by atomic mass is 32.3. The van der Waals surface area contributed by atoms with E-state index in [0.717, 1.165) is 12.1 Å². The molecule has 1 unspecified atom stereocenters. The maximum absolute atomic E-state index is 12.6. The molecule has 179 valence electrons. The van der Waals surface area contributed by atoms with E-state index < -0.39 is 34.3 Å². The lowest BCUT2D eigenvalue weighted by Gasteiger charge is -2.14. The zero-order chi connectivity index (χ0) is 25.4. The van der Waals surface area contributed by atoms with Crippen molar-refractivity contribution in [2.75, 3.05) is 0 Å². The molecule has 0 saturated heterocycles. The number of amides is 3. The lowest BCUT2D eigenvalue weighted by atomic mass is 10.1. The van der Waals surface area contributed by atoms with E-state index in [1.165, 1.54) is 48.5 Å². The molecule has 0 aliphatic rings. The SMILES string of the molecule is O=[C]C(NC(=O)NC(=O)c1ccccc1OC(=O)c1ccccc1)c1ccc(OS(=O)(=O)O)cc1. The van der Waals surface area contributed by atoms with E-state index in [1.54, 1.807) is 24.5 Å². The highest BCUT2D eigenvalue weighted by Crippen LogP contribution is 2.20. The fourth-order valence-corrected chi connectivity index (χ4v) is 3.19. The first-order valence-corrected chi connectivity index (χ1v) is 11.2. The van der Waals surface area contributed by atoms with Crippen LogP contribution in [0.3, 0.4) is 0 Å². The van der Waals surface area contributed by atoms with E-state index in [0.29, 0.717) is 0 Å². The fraction of sp³-hybridized carbons (Fsp3) is 0.0435. The molecule has 0 spiro atoms. The number of hydrogen-bond acceptors (Lipinski definition) is 8. The normalized spacial score (nSPS) is 11.6. The van der Waals surface area contributed by atoms with Gasteiger partial charge in [0.1, 0.15) is 17.5 Å². The Morgan fingerprint density at radius 1 is 0.886 bits per heavy atom. The molecule has 0 fully saturated rings. The Balaban J connectivity index is 1.66. The molecular formula is C23H17N2O9S. The number of urea groups is 1. The number of nitrogens with one attached hydrogen (secondary N) is 2. The van der Waals surface area contributed by atoms with E-state index in [1.807, 2.05) is 5.32 Å². The highest BCUT2D eigenvalue weighted by molar-refractivity contribution is 7.81. The molecule has 0 aliphatic heterocycles. The predicted octanol–water partition coefficient (Wildman–Crippen LogP) is 2.38. The van der Waals surface area contributed by atoms with Crippen LogP contribution in [0.4, 0.5) is 4.79 Å². The molecular weight excluding hydrogens is 480 g/mol. The number of esters is 1. The van der Waals surface area contributed by atoms with Crippen molar-refractivity contribution >= 4 is 34.6 Å². The van der Waals surface area contributed by atoms with Crippen LogP contribution < -0.4 is 19.6 Å². The Bertz CT molecular complexity index is 1340. The summed E-state index contributed by atoms with van der Waals surface area (Å²) in [6.45, 7) is 0. The zero-order valence-electron chi connectivity index (χ0n) is 17.7. The van der Waals surface area contributed by atoms with Crippen LogP contribution in [0.1, 0.15) is 32.3 Å². The van der Waals surface area contributed by atoms with Crippen molar-refractivity contribution in [2.45, 2.75) is 6.04 Å². The lowest BCUT2D eigenvalue weighted by Crippen LogP contribution is -2.41. The van der Waals surface area contributed by atoms with Crippen LogP contribution in [0.5, 0.6) is 11.5 Å². The van der Waals surface area contributed by atoms with Gasteiger partial charge in [0.05, 0.1) is 11.1 Å². The summed E-state index contributed by atoms with van der Waals surface area (Å²) in [4.78, 5) is 48.6. The molecule has 3 aromatic carbocycles. The number of hydrogen-bond donors (Lipinski definition) is 3. The Morgan fingerprint density at radius 2 is 1.51 bits per heavy atom. The summed E-state index contributed by atoms with van der Waals surface area (Å²) >= 11 is 0. The van der Waals surface area contributed by atoms with Crippen molar-refractivity contribution in [3.8, 4) is 11.5 Å². The van der Waals surface area contributed by atoms with Crippen molar-refractivity contribution in [3.05, 3.63) is 95.6 Å². The number of para-hydroxylation sites is 1. The van der Waals surface area contributed by atoms with Gasteiger partial charge < -0.3 is 14.2 Å². The quantitative estimate of drug-likeness (QED) is 0.241. The summed E-state index contributed by atoms with van der Waals surface area (Å²) in [6.07, 6.45) is 1.57. The topological polar surface area (TPSA) is 165 Å². The predicted molar refractivity (Wildman–Crippen MR) is 121 cm³/mol. The standard InChI is InChI=1S/C23H17N2O9S/c26-14-19(15-10-12-17(13-11-15)34-35(30,31)32)24-23(29)25-21(27)18-8-4-5-9-20(18)33-22(28)16-6-2-1-3-7-16/h1-13,19H,(H,30,31,32)(H2,24,25,27,29). The molecule has 1 atom stereocenters. The molecule has 1 radical (unpaired) electrons. The van der Waals surface area contributed by atoms with Crippen LogP contribution in [0.15, 0.2) is 78.9 Å². The first-order valence-electron chi connectivity index (χ1n) is 9.79. The second-order valence-electron chi connectivity index (χ2n) is 6.81. The van der Waals surface area contributed by atoms with Crippen LogP contribution in [-0.2, 0) is 15.2 Å². The number of benzene rings is 3. The number of rotatable bonds is 8. The molecule has 0 bridgehead atoms. The van der Waals surface area contributed by atoms with Gasteiger partial charge in [0, 0.05) is 0 Å². The largest absolute Gasteiger partial charge is 0.446 e. The van der Waals surface area contributed by atoms with Gasteiger partial charge in [0.2, 0.25) is 6.29 Å². The minimum absolute atomic E-state index is 0.0837. The number of ether oxygens (including phenoxy) is 1. The van der Waals surface area contributed by atoms with Crippen LogP contribution in [-0.4, -0.2) is 37.2 Å². The second-order valence-corrected chi connectivity index (χ2v) is 7.83. The van der Waals surface area contributed by atoms with Gasteiger partial charge in [-0.15, -0.1) is 0 Å². The first kappa shape index (κ1) is 25.1. The third kappa shape index (κ3) is 7.22. The van der Waals surface area contributed by atoms with Crippen LogP contribution in [0.2, 0.25) is 0 Å². The van der Waals surface area contributed by atoms with Crippen LogP contribution in [0, 0.1) is 0 Å². The fourth-order valence-electron chi connectivity index (χ4n) is 2.83. The van der Waals surface area contributed by atoms with Crippen molar-refractivity contribution in [1.29, 1.82) is 0 Å². The van der Waals surface area contributed by atoms with Crippen molar-refractivity contribution in [1.82, 2.24) is 10.6 Å². The molecule has 35 heavy (non-hydrogen) atoms. The van der Waals surface area contributed by atoms with E-state index in [-0.39, 0.29) is 28.2 Å². The molecule has 3 aromatic rings. The molecule has 11 nitrogen and oxygen atoms in total. The van der Waals surface area contributed by atoms with E-state index in [2.05, 4.69) is 9.50 Å². The Hall–Kier alpha value is -4.55. The summed E-state index contributed by atoms with van der Waals surface area (Å²) in [6, 6.07) is 16.2. The monoisotopic (exact) mass is 497 g/mol. The summed E-state index contributed by atoms with van der Waals surface area (Å²) in [5.74, 6) is -1.92. The third-order valence-electron chi connectivity index (χ3n) is 4.38. The summed E-state index contributed by atoms with van der Waals surface area (Å²) in [5.41, 5.74) is 0.338. The molecule has 0 aromatic heterocycles. The first-order chi connectivity index (χ1) is 16.7. The second kappa shape index (κ2) is 11.0. The molecule has 0 heterocycles. The van der Waals surface area contributed by atoms with Gasteiger partial charge in [-0.25, -0.2) is 9.59 Å². The van der Waals surface area contributed by atoms with Gasteiger partial charge in [-0.3, -0.25) is 19.5 Å². The zero-order valence-corrected chi connectivity index (χ0v) is 18.5. The highest BCUT2D eigenvalue weighted by Gasteiger charge is 2.21. The van der Waals surface area contributed by atoms with Gasteiger partial charge >= 0.3 is 22.4 Å². The Kier molecular flexibility index (Phi) is 7.92. The minimum Gasteiger partial charge on any atom is -0.422 e. The Morgan fingerprint density at radius 3 is 2.14 bits per heavy atom. The van der Waals surface area contributed by atoms with Crippen LogP contribution >= 0.6 is 0 Å². The molecule has 3 amide bonds. The number of carbonyl (C=O) groups is 3. The molecule has 12 heteroatoms. The van der Waals surface area contributed by atoms with E-state index in [9.17, 15) is 27.6 Å². The summed E-state index contributed by atoms with van der Waals surface area (Å²) in [7, 11) is -4.73. The Labute approximate surface area is 199 Å². The minimum atomic E-state index is -4.73. The smallest absolute Gasteiger partial charge is 0.422 e. The maximum Gasteiger partial charge on any atom is 0.446 e. The van der Waals surface area contributed by atoms with Gasteiger partial charge in [0.15, 0.2) is 0 Å². The third-order valence-corrected chi connectivity index (χ3v) is 4.78. The average Bonchev–Trinajstić information content (AvgIpc) is 2.83. The lowest BCUT2D eigenvalue weighted by molar-refractivity contribution is 0.0732. The molecule has 3 N–H and O–H groups in total. The summed E-state index contributed by atoms with van der Waals surface area (Å²) in [5, 5.41) is 4.26. The number of carbonyl (C=O) groups excluding carboxylic acids is 4. The van der Waals surface area contributed by atoms with E-state index >= 15 is 0 Å². The summed E-state index contributed by atoms with van der Waals surface area (Å²) < 4.78 is 39.7. The van der Waals surface area contributed by atoms with Crippen molar-refractivity contribution in [3.63, 3.8) is 0 Å². The van der Waals surface area contributed by atoms with Crippen molar-refractivity contribution < 1.29 is 41.1 Å². The van der Waals surface area contributed by atoms with Crippen molar-refractivity contribution in [2.24, 2.45) is 0 Å². The van der Waals surface area contributed by atoms with Gasteiger partial charge in [-0.1, -0.05) is 42.5 Å². The molecule has 0 saturated carbocycles.